The number of amides is 2. The van der Waals surface area contributed by atoms with Gasteiger partial charge in [-0.3, -0.25) is 9.59 Å². The van der Waals surface area contributed by atoms with Crippen LogP contribution in [0.2, 0.25) is 0 Å². The van der Waals surface area contributed by atoms with Crippen LogP contribution in [-0.4, -0.2) is 119 Å². The molecule has 2 amide bonds. The third-order valence-corrected chi connectivity index (χ3v) is 9.36. The molecule has 2 heterocycles. The number of likely N-dealkylation sites (N-methyl/N-ethyl adjacent to an activating group) is 4. The molecule has 42 heavy (non-hydrogen) atoms. The molecule has 0 atom stereocenters. The Morgan fingerprint density at radius 3 is 1.40 bits per heavy atom. The highest BCUT2D eigenvalue weighted by Crippen LogP contribution is 2.43. The zero-order chi connectivity index (χ0) is 30.2. The summed E-state index contributed by atoms with van der Waals surface area (Å²) >= 11 is 0. The Morgan fingerprint density at radius 2 is 1.05 bits per heavy atom. The van der Waals surface area contributed by atoms with Crippen LogP contribution >= 0.6 is 21.6 Å². The molecule has 0 aliphatic rings. The number of hydrogen-bond donors (Lipinski definition) is 0. The van der Waals surface area contributed by atoms with Crippen LogP contribution in [0.3, 0.4) is 0 Å². The van der Waals surface area contributed by atoms with Gasteiger partial charge < -0.3 is 19.6 Å². The van der Waals surface area contributed by atoms with Gasteiger partial charge in [-0.15, -0.1) is 0 Å². The van der Waals surface area contributed by atoms with Crippen molar-refractivity contribution in [2.75, 3.05) is 67.5 Å². The van der Waals surface area contributed by atoms with E-state index < -0.39 is 0 Å². The van der Waals surface area contributed by atoms with Crippen LogP contribution < -0.4 is 0 Å². The molecule has 0 aliphatic carbocycles. The number of fused-ring (bicyclic) bond motifs is 2. The van der Waals surface area contributed by atoms with Gasteiger partial charge >= 0.3 is 0 Å². The molecule has 0 saturated carbocycles. The van der Waals surface area contributed by atoms with Crippen LogP contribution in [0, 0.1) is 0 Å². The lowest BCUT2D eigenvalue weighted by Gasteiger charge is -2.24. The van der Waals surface area contributed by atoms with Gasteiger partial charge in [0.15, 0.2) is 0 Å². The van der Waals surface area contributed by atoms with Crippen LogP contribution in [0.5, 0.6) is 0 Å². The fourth-order valence-electron chi connectivity index (χ4n) is 4.49. The van der Waals surface area contributed by atoms with Crippen molar-refractivity contribution in [3.63, 3.8) is 0 Å². The van der Waals surface area contributed by atoms with Crippen molar-refractivity contribution in [1.82, 2.24) is 39.5 Å². The summed E-state index contributed by atoms with van der Waals surface area (Å²) < 4.78 is 0. The average Bonchev–Trinajstić information content (AvgIpc) is 2.99. The first-order valence-corrected chi connectivity index (χ1v) is 16.1. The quantitative estimate of drug-likeness (QED) is 0.204. The predicted molar refractivity (Wildman–Crippen MR) is 171 cm³/mol. The van der Waals surface area contributed by atoms with Crippen molar-refractivity contribution < 1.29 is 9.59 Å². The maximum Gasteiger partial charge on any atom is 0.254 e. The van der Waals surface area contributed by atoms with Gasteiger partial charge in [0.2, 0.25) is 0 Å². The minimum atomic E-state index is -0.0296. The zero-order valence-corrected chi connectivity index (χ0v) is 26.7. The van der Waals surface area contributed by atoms with Crippen molar-refractivity contribution in [3.8, 4) is 0 Å². The highest BCUT2D eigenvalue weighted by molar-refractivity contribution is 8.76. The van der Waals surface area contributed by atoms with E-state index in [4.69, 9.17) is 0 Å². The Bertz CT molecular complexity index is 1430. The van der Waals surface area contributed by atoms with Crippen molar-refractivity contribution in [2.45, 2.75) is 23.6 Å². The molecule has 0 unspecified atom stereocenters. The first-order valence-electron chi connectivity index (χ1n) is 13.9. The number of aromatic nitrogens is 4. The topological polar surface area (TPSA) is 98.7 Å². The van der Waals surface area contributed by atoms with E-state index in [1.165, 1.54) is 34.2 Å². The normalized spacial score (nSPS) is 11.5. The van der Waals surface area contributed by atoms with Gasteiger partial charge in [0.1, 0.15) is 12.7 Å². The van der Waals surface area contributed by atoms with Crippen LogP contribution in [0.4, 0.5) is 0 Å². The Hall–Kier alpha value is -3.32. The summed E-state index contributed by atoms with van der Waals surface area (Å²) in [5.74, 6) is -0.0592. The highest BCUT2D eigenvalue weighted by Gasteiger charge is 2.21. The molecule has 12 heteroatoms. The van der Waals surface area contributed by atoms with Gasteiger partial charge in [0, 0.05) is 72.2 Å². The van der Waals surface area contributed by atoms with Crippen molar-refractivity contribution in [2.24, 2.45) is 0 Å². The van der Waals surface area contributed by atoms with E-state index in [1.807, 2.05) is 76.1 Å². The van der Waals surface area contributed by atoms with Crippen molar-refractivity contribution in [3.05, 3.63) is 60.4 Å². The molecule has 222 valence electrons. The maximum atomic E-state index is 13.5. The standard InChI is InChI=1S/C30H38N8O2S2/c1-7-37(15-13-35(3)4)29(39)21-9-11-25(27-23(21)17-31-19-33-27)41-42-26-12-10-22(24-18-32-20-34-28(24)26)30(40)38(8-2)16-14-36(5)6/h9-12,17-20H,7-8,13-16H2,1-6H3. The molecule has 0 fully saturated rings. The van der Waals surface area contributed by atoms with E-state index in [0.717, 1.165) is 44.7 Å². The van der Waals surface area contributed by atoms with Crippen LogP contribution in [0.15, 0.2) is 59.1 Å². The lowest BCUT2D eigenvalue weighted by molar-refractivity contribution is 0.0748. The average molecular weight is 607 g/mol. The van der Waals surface area contributed by atoms with Gasteiger partial charge in [-0.25, -0.2) is 19.9 Å². The van der Waals surface area contributed by atoms with Crippen LogP contribution in [-0.2, 0) is 0 Å². The summed E-state index contributed by atoms with van der Waals surface area (Å²) in [7, 11) is 11.1. The van der Waals surface area contributed by atoms with Gasteiger partial charge in [0.05, 0.1) is 22.2 Å². The largest absolute Gasteiger partial charge is 0.338 e. The number of nitrogens with zero attached hydrogens (tertiary/aromatic N) is 8. The van der Waals surface area contributed by atoms with E-state index in [1.54, 1.807) is 12.4 Å². The molecule has 0 N–H and O–H groups in total. The van der Waals surface area contributed by atoms with Gasteiger partial charge in [-0.1, -0.05) is 21.6 Å². The first kappa shape index (κ1) is 31.6. The van der Waals surface area contributed by atoms with Gasteiger partial charge in [0.25, 0.3) is 11.8 Å². The second-order valence-corrected chi connectivity index (χ2v) is 12.5. The summed E-state index contributed by atoms with van der Waals surface area (Å²) in [6, 6.07) is 7.62. The molecule has 0 radical (unpaired) electrons. The molecule has 10 nitrogen and oxygen atoms in total. The molecule has 2 aromatic carbocycles. The van der Waals surface area contributed by atoms with E-state index >= 15 is 0 Å². The van der Waals surface area contributed by atoms with E-state index in [2.05, 4.69) is 29.7 Å². The number of hydrogen-bond acceptors (Lipinski definition) is 10. The summed E-state index contributed by atoms with van der Waals surface area (Å²) in [6.45, 7) is 8.07. The van der Waals surface area contributed by atoms with E-state index in [0.29, 0.717) is 37.3 Å². The van der Waals surface area contributed by atoms with Gasteiger partial charge in [-0.05, 0) is 66.3 Å². The molecule has 4 aromatic rings. The number of carbonyl (C=O) groups is 2. The lowest BCUT2D eigenvalue weighted by atomic mass is 10.1. The third-order valence-electron chi connectivity index (χ3n) is 6.93. The second-order valence-electron chi connectivity index (χ2n) is 10.3. The summed E-state index contributed by atoms with van der Waals surface area (Å²) in [5.41, 5.74) is 2.64. The molecule has 0 spiro atoms. The minimum Gasteiger partial charge on any atom is -0.338 e. The Balaban J connectivity index is 1.61. The molecular weight excluding hydrogens is 569 g/mol. The molecule has 2 aromatic heterocycles. The molecule has 4 rings (SSSR count). The van der Waals surface area contributed by atoms with E-state index in [9.17, 15) is 9.59 Å². The summed E-state index contributed by atoms with van der Waals surface area (Å²) in [4.78, 5) is 54.1. The lowest BCUT2D eigenvalue weighted by Crippen LogP contribution is -2.36. The fourth-order valence-corrected chi connectivity index (χ4v) is 6.74. The van der Waals surface area contributed by atoms with Crippen LogP contribution in [0.25, 0.3) is 21.8 Å². The predicted octanol–water partition coefficient (Wildman–Crippen LogP) is 4.42. The Morgan fingerprint density at radius 1 is 0.643 bits per heavy atom. The first-order chi connectivity index (χ1) is 20.2. The minimum absolute atomic E-state index is 0.0296. The maximum absolute atomic E-state index is 13.5. The SMILES string of the molecule is CCN(CCN(C)C)C(=O)c1ccc(SSc2ccc(C(=O)N(CC)CCN(C)C)c3cncnc23)c2ncncc12. The highest BCUT2D eigenvalue weighted by atomic mass is 33.1. The van der Waals surface area contributed by atoms with Crippen molar-refractivity contribution in [1.29, 1.82) is 0 Å². The van der Waals surface area contributed by atoms with Crippen LogP contribution in [0.1, 0.15) is 34.6 Å². The zero-order valence-electron chi connectivity index (χ0n) is 25.1. The number of rotatable bonds is 13. The number of benzene rings is 2. The number of carbonyl (C=O) groups excluding carboxylic acids is 2. The summed E-state index contributed by atoms with van der Waals surface area (Å²) in [5, 5.41) is 1.45. The van der Waals surface area contributed by atoms with E-state index in [-0.39, 0.29) is 11.8 Å². The molecular formula is C30H38N8O2S2. The molecule has 0 saturated heterocycles. The van der Waals surface area contributed by atoms with Crippen molar-refractivity contribution >= 4 is 55.2 Å². The third kappa shape index (κ3) is 7.35. The molecule has 0 bridgehead atoms. The smallest absolute Gasteiger partial charge is 0.254 e. The Kier molecular flexibility index (Phi) is 11.1. The second kappa shape index (κ2) is 14.7. The van der Waals surface area contributed by atoms with Gasteiger partial charge in [-0.2, -0.15) is 0 Å². The Labute approximate surface area is 255 Å². The molecule has 0 aliphatic heterocycles. The summed E-state index contributed by atoms with van der Waals surface area (Å²) in [6.07, 6.45) is 6.44. The fraction of sp³-hybridized carbons (Fsp3) is 0.400. The monoisotopic (exact) mass is 606 g/mol.